The summed E-state index contributed by atoms with van der Waals surface area (Å²) in [6, 6.07) is 6.99. The highest BCUT2D eigenvalue weighted by molar-refractivity contribution is 5.95. The Bertz CT molecular complexity index is 633. The van der Waals surface area contributed by atoms with Crippen LogP contribution in [0.15, 0.2) is 24.3 Å². The van der Waals surface area contributed by atoms with Gasteiger partial charge in [-0.25, -0.2) is 0 Å². The molecule has 1 aliphatic heterocycles. The minimum atomic E-state index is -0.832. The summed E-state index contributed by atoms with van der Waals surface area (Å²) in [6.07, 6.45) is 6.27. The second-order valence-corrected chi connectivity index (χ2v) is 7.30. The fraction of sp³-hybridized carbons (Fsp3) is 0.600. The number of carbonyl (C=O) groups excluding carboxylic acids is 1. The Morgan fingerprint density at radius 1 is 1.23 bits per heavy atom. The van der Waals surface area contributed by atoms with E-state index in [1.165, 1.54) is 0 Å². The summed E-state index contributed by atoms with van der Waals surface area (Å²) in [7, 11) is 0. The Hall–Kier alpha value is -2.08. The maximum absolute atomic E-state index is 12.5. The number of carboxylic acid groups (broad SMARTS) is 1. The van der Waals surface area contributed by atoms with E-state index in [-0.39, 0.29) is 18.6 Å². The lowest BCUT2D eigenvalue weighted by Crippen LogP contribution is -2.44. The van der Waals surface area contributed by atoms with Crippen LogP contribution in [0, 0.1) is 5.41 Å². The van der Waals surface area contributed by atoms with E-state index in [1.807, 2.05) is 6.07 Å². The van der Waals surface area contributed by atoms with Crippen LogP contribution in [0.1, 0.15) is 55.3 Å². The molecule has 1 heterocycles. The number of carboxylic acids is 1. The van der Waals surface area contributed by atoms with Crippen LogP contribution < -0.4 is 10.1 Å². The van der Waals surface area contributed by atoms with Gasteiger partial charge >= 0.3 is 5.97 Å². The molecule has 6 nitrogen and oxygen atoms in total. The molecule has 1 aromatic rings. The highest BCUT2D eigenvalue weighted by Crippen LogP contribution is 2.36. The van der Waals surface area contributed by atoms with Crippen molar-refractivity contribution in [2.75, 3.05) is 19.8 Å². The van der Waals surface area contributed by atoms with Crippen molar-refractivity contribution in [1.82, 2.24) is 5.32 Å². The maximum Gasteiger partial charge on any atom is 0.311 e. The first-order chi connectivity index (χ1) is 12.6. The first kappa shape index (κ1) is 18.7. The lowest BCUT2D eigenvalue weighted by atomic mass is 9.74. The van der Waals surface area contributed by atoms with Crippen LogP contribution in [0.4, 0.5) is 0 Å². The lowest BCUT2D eigenvalue weighted by molar-refractivity contribution is -0.150. The van der Waals surface area contributed by atoms with Gasteiger partial charge in [-0.1, -0.05) is 25.3 Å². The fourth-order valence-electron chi connectivity index (χ4n) is 3.74. The average Bonchev–Trinajstić information content (AvgIpc) is 3.19. The smallest absolute Gasteiger partial charge is 0.311 e. The minimum absolute atomic E-state index is 0.120. The van der Waals surface area contributed by atoms with Gasteiger partial charge in [-0.3, -0.25) is 9.59 Å². The summed E-state index contributed by atoms with van der Waals surface area (Å²) >= 11 is 0. The topological polar surface area (TPSA) is 84.9 Å². The first-order valence-electron chi connectivity index (χ1n) is 9.45. The number of rotatable bonds is 7. The third-order valence-corrected chi connectivity index (χ3v) is 5.41. The van der Waals surface area contributed by atoms with Crippen molar-refractivity contribution in [2.24, 2.45) is 5.41 Å². The van der Waals surface area contributed by atoms with E-state index < -0.39 is 11.4 Å². The Kier molecular flexibility index (Phi) is 6.14. The molecule has 142 valence electrons. The number of nitrogens with one attached hydrogen (secondary N) is 1. The number of benzene rings is 1. The zero-order valence-electron chi connectivity index (χ0n) is 15.0. The molecule has 0 aromatic heterocycles. The van der Waals surface area contributed by atoms with E-state index in [2.05, 4.69) is 5.32 Å². The largest absolute Gasteiger partial charge is 0.491 e. The van der Waals surface area contributed by atoms with E-state index in [9.17, 15) is 14.7 Å². The van der Waals surface area contributed by atoms with Crippen molar-refractivity contribution in [1.29, 1.82) is 0 Å². The average molecular weight is 361 g/mol. The van der Waals surface area contributed by atoms with Crippen molar-refractivity contribution in [2.45, 2.75) is 51.0 Å². The molecule has 2 N–H and O–H groups in total. The second-order valence-electron chi connectivity index (χ2n) is 7.30. The number of ether oxygens (including phenoxy) is 2. The number of aliphatic carboxylic acids is 1. The monoisotopic (exact) mass is 361 g/mol. The molecule has 26 heavy (non-hydrogen) atoms. The highest BCUT2D eigenvalue weighted by Gasteiger charge is 2.39. The van der Waals surface area contributed by atoms with Crippen molar-refractivity contribution in [3.8, 4) is 5.75 Å². The van der Waals surface area contributed by atoms with Gasteiger partial charge in [-0.2, -0.15) is 0 Å². The Labute approximate surface area is 153 Å². The molecule has 1 amide bonds. The summed E-state index contributed by atoms with van der Waals surface area (Å²) in [6.45, 7) is 1.43. The summed E-state index contributed by atoms with van der Waals surface area (Å²) in [4.78, 5) is 24.2. The van der Waals surface area contributed by atoms with Crippen molar-refractivity contribution in [3.63, 3.8) is 0 Å². The standard InChI is InChI=1S/C20H27NO5/c22-18(21-14-20(19(23)24)9-2-1-3-10-20)15-6-4-7-16(12-15)26-13-17-8-5-11-25-17/h4,6-7,12,17H,1-3,5,8-11,13-14H2,(H,21,22)(H,23,24). The van der Waals surface area contributed by atoms with E-state index in [1.54, 1.807) is 18.2 Å². The molecule has 1 unspecified atom stereocenters. The van der Waals surface area contributed by atoms with Crippen LogP contribution >= 0.6 is 0 Å². The Morgan fingerprint density at radius 3 is 2.73 bits per heavy atom. The fourth-order valence-corrected chi connectivity index (χ4v) is 3.74. The van der Waals surface area contributed by atoms with Crippen LogP contribution in [-0.2, 0) is 9.53 Å². The van der Waals surface area contributed by atoms with Gasteiger partial charge in [0.05, 0.1) is 11.5 Å². The van der Waals surface area contributed by atoms with E-state index in [4.69, 9.17) is 9.47 Å². The predicted molar refractivity (Wildman–Crippen MR) is 96.4 cm³/mol. The third kappa shape index (κ3) is 4.55. The number of amides is 1. The van der Waals surface area contributed by atoms with Gasteiger partial charge in [0.1, 0.15) is 12.4 Å². The molecule has 0 bridgehead atoms. The van der Waals surface area contributed by atoms with Crippen LogP contribution in [-0.4, -0.2) is 42.8 Å². The van der Waals surface area contributed by atoms with Crippen LogP contribution in [0.5, 0.6) is 5.75 Å². The number of hydrogen-bond acceptors (Lipinski definition) is 4. The Balaban J connectivity index is 1.56. The normalized spacial score (nSPS) is 21.9. The molecule has 2 fully saturated rings. The van der Waals surface area contributed by atoms with Gasteiger partial charge in [0.2, 0.25) is 0 Å². The van der Waals surface area contributed by atoms with Crippen LogP contribution in [0.25, 0.3) is 0 Å². The SMILES string of the molecule is O=C(NCC1(C(=O)O)CCCCC1)c1cccc(OCC2CCCO2)c1. The summed E-state index contributed by atoms with van der Waals surface area (Å²) in [5, 5.41) is 12.4. The van der Waals surface area contributed by atoms with Gasteiger partial charge in [0.25, 0.3) is 5.91 Å². The molecule has 2 aliphatic rings. The Morgan fingerprint density at radius 2 is 2.04 bits per heavy atom. The minimum Gasteiger partial charge on any atom is -0.491 e. The van der Waals surface area contributed by atoms with E-state index in [0.717, 1.165) is 38.7 Å². The number of hydrogen-bond donors (Lipinski definition) is 2. The van der Waals surface area contributed by atoms with Gasteiger partial charge in [-0.15, -0.1) is 0 Å². The molecule has 1 aromatic carbocycles. The number of carbonyl (C=O) groups is 2. The van der Waals surface area contributed by atoms with Gasteiger partial charge in [0.15, 0.2) is 0 Å². The molecular weight excluding hydrogens is 334 g/mol. The third-order valence-electron chi connectivity index (χ3n) is 5.41. The van der Waals surface area contributed by atoms with Crippen LogP contribution in [0.3, 0.4) is 0 Å². The second kappa shape index (κ2) is 8.54. The molecule has 6 heteroatoms. The van der Waals surface area contributed by atoms with Crippen LogP contribution in [0.2, 0.25) is 0 Å². The van der Waals surface area contributed by atoms with Crippen molar-refractivity contribution < 1.29 is 24.2 Å². The molecule has 3 rings (SSSR count). The highest BCUT2D eigenvalue weighted by atomic mass is 16.5. The lowest BCUT2D eigenvalue weighted by Gasteiger charge is -2.33. The van der Waals surface area contributed by atoms with E-state index in [0.29, 0.717) is 30.8 Å². The molecular formula is C20H27NO5. The zero-order valence-corrected chi connectivity index (χ0v) is 15.0. The molecule has 1 aliphatic carbocycles. The van der Waals surface area contributed by atoms with Gasteiger partial charge in [0, 0.05) is 18.7 Å². The van der Waals surface area contributed by atoms with Crippen molar-refractivity contribution in [3.05, 3.63) is 29.8 Å². The summed E-state index contributed by atoms with van der Waals surface area (Å²) < 4.78 is 11.3. The van der Waals surface area contributed by atoms with Gasteiger partial charge in [-0.05, 0) is 43.9 Å². The maximum atomic E-state index is 12.5. The van der Waals surface area contributed by atoms with Crippen molar-refractivity contribution >= 4 is 11.9 Å². The molecule has 0 radical (unpaired) electrons. The quantitative estimate of drug-likeness (QED) is 0.780. The summed E-state index contributed by atoms with van der Waals surface area (Å²) in [5.41, 5.74) is -0.354. The van der Waals surface area contributed by atoms with Gasteiger partial charge < -0.3 is 19.9 Å². The molecule has 1 saturated carbocycles. The molecule has 0 spiro atoms. The summed E-state index contributed by atoms with van der Waals surface area (Å²) in [5.74, 6) is -0.455. The predicted octanol–water partition coefficient (Wildman–Crippen LogP) is 3.01. The molecule has 1 atom stereocenters. The first-order valence-corrected chi connectivity index (χ1v) is 9.45. The molecule has 1 saturated heterocycles. The zero-order chi connectivity index (χ0) is 18.4. The van der Waals surface area contributed by atoms with E-state index >= 15 is 0 Å².